The van der Waals surface area contributed by atoms with Gasteiger partial charge in [-0.1, -0.05) is 29.8 Å². The number of benzene rings is 2. The third-order valence-corrected chi connectivity index (χ3v) is 5.51. The topological polar surface area (TPSA) is 57.7 Å². The van der Waals surface area contributed by atoms with Crippen molar-refractivity contribution in [2.24, 2.45) is 0 Å². The van der Waals surface area contributed by atoms with E-state index in [1.54, 1.807) is 4.90 Å². The summed E-state index contributed by atoms with van der Waals surface area (Å²) in [5.41, 5.74) is 10.1. The van der Waals surface area contributed by atoms with Crippen LogP contribution in [0, 0.1) is 6.92 Å². The minimum atomic E-state index is 0.584. The zero-order chi connectivity index (χ0) is 19.3. The third kappa shape index (κ3) is 4.13. The van der Waals surface area contributed by atoms with Gasteiger partial charge in [-0.2, -0.15) is 0 Å². The zero-order valence-electron chi connectivity index (χ0n) is 16.6. The molecular weight excluding hydrogens is 352 g/mol. The molecule has 1 aliphatic heterocycles. The number of rotatable bonds is 7. The van der Waals surface area contributed by atoms with E-state index in [4.69, 9.17) is 15.2 Å². The highest BCUT2D eigenvalue weighted by molar-refractivity contribution is 5.73. The molecule has 2 heterocycles. The molecule has 0 aliphatic carbocycles. The van der Waals surface area contributed by atoms with Gasteiger partial charge in [0.2, 0.25) is 0 Å². The Morgan fingerprint density at radius 2 is 1.86 bits per heavy atom. The number of hydrogen-bond donors (Lipinski definition) is 2. The van der Waals surface area contributed by atoms with E-state index >= 15 is 0 Å². The Morgan fingerprint density at radius 1 is 1.11 bits per heavy atom. The Kier molecular flexibility index (Phi) is 5.78. The summed E-state index contributed by atoms with van der Waals surface area (Å²) in [4.78, 5) is 1.58. The number of quaternary nitrogens is 1. The molecule has 6 heteroatoms. The lowest BCUT2D eigenvalue weighted by Gasteiger charge is -2.23. The van der Waals surface area contributed by atoms with Gasteiger partial charge in [0.15, 0.2) is 0 Å². The first-order valence-corrected chi connectivity index (χ1v) is 10.1. The number of nitrogens with one attached hydrogen (secondary N) is 1. The lowest BCUT2D eigenvalue weighted by molar-refractivity contribution is -0.923. The fraction of sp³-hybridized carbons (Fsp3) is 0.409. The molecule has 148 valence electrons. The molecule has 3 N–H and O–H groups in total. The molecule has 0 saturated carbocycles. The number of ether oxygens (including phenoxy) is 2. The largest absolute Gasteiger partial charge is 0.490 e. The molecule has 2 aromatic carbocycles. The monoisotopic (exact) mass is 382 g/mol. The van der Waals surface area contributed by atoms with Crippen molar-refractivity contribution in [1.82, 2.24) is 4.57 Å². The summed E-state index contributed by atoms with van der Waals surface area (Å²) in [6.45, 7) is 9.21. The lowest BCUT2D eigenvalue weighted by Crippen LogP contribution is -3.14. The Labute approximate surface area is 166 Å². The molecule has 1 saturated heterocycles. The van der Waals surface area contributed by atoms with Crippen LogP contribution in [-0.4, -0.2) is 44.0 Å². The van der Waals surface area contributed by atoms with Crippen LogP contribution in [0.15, 0.2) is 48.5 Å². The fourth-order valence-corrected chi connectivity index (χ4v) is 3.85. The van der Waals surface area contributed by atoms with Crippen molar-refractivity contribution in [1.29, 1.82) is 0 Å². The normalized spacial score (nSPS) is 15.2. The second-order valence-electron chi connectivity index (χ2n) is 7.42. The van der Waals surface area contributed by atoms with E-state index in [9.17, 15) is 0 Å². The second-order valence-corrected chi connectivity index (χ2v) is 7.42. The fourth-order valence-electron chi connectivity index (χ4n) is 3.85. The number of nitrogens with zero attached hydrogens (tertiary/aromatic N) is 2. The molecule has 1 aliphatic rings. The van der Waals surface area contributed by atoms with E-state index in [1.807, 2.05) is 12.1 Å². The number of anilines is 1. The third-order valence-electron chi connectivity index (χ3n) is 5.51. The summed E-state index contributed by atoms with van der Waals surface area (Å²) in [5, 5.41) is 0. The van der Waals surface area contributed by atoms with Crippen molar-refractivity contribution >= 4 is 17.0 Å². The van der Waals surface area contributed by atoms with Crippen LogP contribution in [0.4, 0.5) is 5.95 Å². The Hall–Kier alpha value is -2.57. The average molecular weight is 383 g/mol. The van der Waals surface area contributed by atoms with Gasteiger partial charge in [0.25, 0.3) is 0 Å². The summed E-state index contributed by atoms with van der Waals surface area (Å²) in [6.07, 6.45) is 0. The van der Waals surface area contributed by atoms with E-state index in [-0.39, 0.29) is 0 Å². The van der Waals surface area contributed by atoms with Crippen molar-refractivity contribution in [2.75, 3.05) is 45.2 Å². The first-order chi connectivity index (χ1) is 13.7. The maximum absolute atomic E-state index is 6.57. The number of hydrogen-bond acceptors (Lipinski definition) is 3. The van der Waals surface area contributed by atoms with Gasteiger partial charge in [-0.25, -0.2) is 9.13 Å². The van der Waals surface area contributed by atoms with E-state index in [0.29, 0.717) is 6.61 Å². The predicted octanol–water partition coefficient (Wildman–Crippen LogP) is 0.814. The van der Waals surface area contributed by atoms with Gasteiger partial charge in [0, 0.05) is 0 Å². The number of aromatic nitrogens is 2. The van der Waals surface area contributed by atoms with Crippen molar-refractivity contribution in [3.8, 4) is 5.75 Å². The molecule has 0 spiro atoms. The van der Waals surface area contributed by atoms with Gasteiger partial charge in [-0.15, -0.1) is 0 Å². The van der Waals surface area contributed by atoms with Crippen LogP contribution in [0.25, 0.3) is 11.0 Å². The summed E-state index contributed by atoms with van der Waals surface area (Å²) in [5.74, 6) is 1.69. The first kappa shape index (κ1) is 18.8. The van der Waals surface area contributed by atoms with Crippen LogP contribution in [0.3, 0.4) is 0 Å². The van der Waals surface area contributed by atoms with Gasteiger partial charge in [0.05, 0.1) is 13.2 Å². The minimum absolute atomic E-state index is 0.584. The molecule has 0 atom stereocenters. The molecule has 0 unspecified atom stereocenters. The minimum Gasteiger partial charge on any atom is -0.490 e. The summed E-state index contributed by atoms with van der Waals surface area (Å²) < 4.78 is 15.8. The molecule has 6 nitrogen and oxygen atoms in total. The zero-order valence-corrected chi connectivity index (χ0v) is 16.6. The Balaban J connectivity index is 1.48. The number of imidazole rings is 1. The summed E-state index contributed by atoms with van der Waals surface area (Å²) in [7, 11) is 0. The number of aryl methyl sites for hydroxylation is 1. The number of nitrogen functional groups attached to an aromatic ring is 1. The first-order valence-electron chi connectivity index (χ1n) is 10.1. The second kappa shape index (κ2) is 8.63. The smallest absolute Gasteiger partial charge is 0.356 e. The van der Waals surface area contributed by atoms with Crippen LogP contribution in [-0.2, 0) is 17.8 Å². The molecule has 4 rings (SSSR count). The number of morpholine rings is 1. The molecule has 28 heavy (non-hydrogen) atoms. The summed E-state index contributed by atoms with van der Waals surface area (Å²) >= 11 is 0. The highest BCUT2D eigenvalue weighted by Gasteiger charge is 2.22. The van der Waals surface area contributed by atoms with Crippen LogP contribution in [0.5, 0.6) is 5.75 Å². The van der Waals surface area contributed by atoms with Crippen LogP contribution in [0.2, 0.25) is 0 Å². The molecule has 1 aromatic heterocycles. The van der Waals surface area contributed by atoms with Crippen molar-refractivity contribution in [2.45, 2.75) is 20.0 Å². The highest BCUT2D eigenvalue weighted by Crippen LogP contribution is 2.17. The molecular formula is C22H30N4O2+2. The Bertz CT molecular complexity index is 914. The van der Waals surface area contributed by atoms with E-state index in [0.717, 1.165) is 63.2 Å². The Morgan fingerprint density at radius 3 is 2.64 bits per heavy atom. The van der Waals surface area contributed by atoms with Gasteiger partial charge < -0.3 is 14.4 Å². The van der Waals surface area contributed by atoms with Gasteiger partial charge in [-0.3, -0.25) is 5.73 Å². The molecule has 1 fully saturated rings. The van der Waals surface area contributed by atoms with E-state index in [1.165, 1.54) is 11.1 Å². The maximum atomic E-state index is 6.57. The molecule has 0 radical (unpaired) electrons. The predicted molar refractivity (Wildman–Crippen MR) is 110 cm³/mol. The summed E-state index contributed by atoms with van der Waals surface area (Å²) in [6, 6.07) is 16.6. The quantitative estimate of drug-likeness (QED) is 0.595. The SMILES string of the molecule is Cc1ccc(OCCn2c(N)[n+](CC[NH+]3CCOCC3)c3ccccc32)cc1. The number of fused-ring (bicyclic) bond motifs is 1. The van der Waals surface area contributed by atoms with Crippen molar-refractivity contribution < 1.29 is 18.9 Å². The van der Waals surface area contributed by atoms with Crippen LogP contribution < -0.4 is 19.9 Å². The van der Waals surface area contributed by atoms with Gasteiger partial charge in [0.1, 0.15) is 56.1 Å². The van der Waals surface area contributed by atoms with Crippen LogP contribution >= 0.6 is 0 Å². The van der Waals surface area contributed by atoms with Gasteiger partial charge in [-0.05, 0) is 31.2 Å². The standard InChI is InChI=1S/C22H28N4O2/c1-18-6-8-19(9-7-18)28-17-14-26-21-5-3-2-4-20(21)25(22(26)23)11-10-24-12-15-27-16-13-24/h2-9,23H,10-17H2,1H3/p+2. The molecule has 3 aromatic rings. The average Bonchev–Trinajstić information content (AvgIpc) is 3.00. The maximum Gasteiger partial charge on any atom is 0.356 e. The number of para-hydroxylation sites is 2. The van der Waals surface area contributed by atoms with Crippen molar-refractivity contribution in [3.63, 3.8) is 0 Å². The van der Waals surface area contributed by atoms with Crippen LogP contribution in [0.1, 0.15) is 5.56 Å². The van der Waals surface area contributed by atoms with E-state index in [2.05, 4.69) is 52.5 Å². The lowest BCUT2D eigenvalue weighted by atomic mass is 10.2. The van der Waals surface area contributed by atoms with Gasteiger partial charge >= 0.3 is 5.95 Å². The highest BCUT2D eigenvalue weighted by atomic mass is 16.5. The van der Waals surface area contributed by atoms with Crippen molar-refractivity contribution in [3.05, 3.63) is 54.1 Å². The number of nitrogens with two attached hydrogens (primary N) is 1. The molecule has 0 bridgehead atoms. The molecule has 0 amide bonds. The van der Waals surface area contributed by atoms with E-state index < -0.39 is 0 Å².